The van der Waals surface area contributed by atoms with Crippen LogP contribution in [-0.4, -0.2) is 57.3 Å². The topological polar surface area (TPSA) is 91.9 Å². The summed E-state index contributed by atoms with van der Waals surface area (Å²) >= 11 is 0. The van der Waals surface area contributed by atoms with Crippen LogP contribution in [0.4, 0.5) is 4.79 Å². The van der Waals surface area contributed by atoms with Crippen molar-refractivity contribution in [3.8, 4) is 23.2 Å². The Morgan fingerprint density at radius 1 is 1.17 bits per heavy atom. The highest BCUT2D eigenvalue weighted by Crippen LogP contribution is 2.51. The van der Waals surface area contributed by atoms with Gasteiger partial charge in [-0.1, -0.05) is 17.0 Å². The molecule has 2 aromatic heterocycles. The third kappa shape index (κ3) is 6.50. The van der Waals surface area contributed by atoms with Crippen LogP contribution in [-0.2, 0) is 20.8 Å². The van der Waals surface area contributed by atoms with Gasteiger partial charge in [0.05, 0.1) is 6.54 Å². The smallest absolute Gasteiger partial charge is 0.410 e. The van der Waals surface area contributed by atoms with Crippen molar-refractivity contribution in [3.05, 3.63) is 59.8 Å². The molecule has 5 atom stereocenters. The summed E-state index contributed by atoms with van der Waals surface area (Å²) in [6, 6.07) is 10.00. The zero-order valence-electron chi connectivity index (χ0n) is 24.2. The first kappa shape index (κ1) is 27.6. The molecule has 1 aliphatic carbocycles. The predicted molar refractivity (Wildman–Crippen MR) is 152 cm³/mol. The second-order valence-corrected chi connectivity index (χ2v) is 12.3. The van der Waals surface area contributed by atoms with E-state index in [1.807, 2.05) is 73.7 Å². The van der Waals surface area contributed by atoms with Gasteiger partial charge < -0.3 is 28.2 Å². The van der Waals surface area contributed by atoms with Crippen molar-refractivity contribution in [2.45, 2.75) is 71.5 Å². The predicted octanol–water partition coefficient (Wildman–Crippen LogP) is 5.66. The lowest BCUT2D eigenvalue weighted by Crippen LogP contribution is -2.37. The van der Waals surface area contributed by atoms with Gasteiger partial charge in [0.15, 0.2) is 12.1 Å². The van der Waals surface area contributed by atoms with Gasteiger partial charge in [-0.05, 0) is 83.1 Å². The summed E-state index contributed by atoms with van der Waals surface area (Å²) in [6.07, 6.45) is 6.26. The van der Waals surface area contributed by atoms with Crippen LogP contribution in [0.15, 0.2) is 47.2 Å². The summed E-state index contributed by atoms with van der Waals surface area (Å²) in [4.78, 5) is 18.6. The van der Waals surface area contributed by atoms with E-state index < -0.39 is 5.60 Å². The fourth-order valence-electron chi connectivity index (χ4n) is 5.72. The van der Waals surface area contributed by atoms with Crippen LogP contribution in [0, 0.1) is 29.6 Å². The van der Waals surface area contributed by atoms with Gasteiger partial charge in [0, 0.05) is 55.2 Å². The first-order valence-corrected chi connectivity index (χ1v) is 14.6. The average molecular weight is 559 g/mol. The number of hydrogen-bond donors (Lipinski definition) is 0. The van der Waals surface area contributed by atoms with Crippen molar-refractivity contribution in [1.82, 2.24) is 19.6 Å². The first-order valence-electron chi connectivity index (χ1n) is 14.6. The van der Waals surface area contributed by atoms with Crippen molar-refractivity contribution in [2.24, 2.45) is 17.8 Å². The van der Waals surface area contributed by atoms with Crippen molar-refractivity contribution < 1.29 is 23.5 Å². The minimum atomic E-state index is -0.468. The number of likely N-dealkylation sites (tertiary alicyclic amines) is 1. The van der Waals surface area contributed by atoms with Crippen LogP contribution < -0.4 is 0 Å². The molecule has 3 aliphatic rings. The van der Waals surface area contributed by atoms with E-state index in [1.165, 1.54) is 0 Å². The number of rotatable bonds is 6. The minimum Gasteiger partial charge on any atom is -0.444 e. The third-order valence-corrected chi connectivity index (χ3v) is 7.89. The highest BCUT2D eigenvalue weighted by Gasteiger charge is 2.56. The largest absolute Gasteiger partial charge is 0.444 e. The molecule has 0 spiro atoms. The minimum absolute atomic E-state index is 0.173. The second-order valence-electron chi connectivity index (χ2n) is 12.3. The number of hydrogen-bond acceptors (Lipinski definition) is 7. The second kappa shape index (κ2) is 11.3. The number of imidazole rings is 1. The van der Waals surface area contributed by atoms with Gasteiger partial charge >= 0.3 is 6.09 Å². The molecule has 216 valence electrons. The number of piperidine rings is 1. The van der Waals surface area contributed by atoms with Crippen molar-refractivity contribution in [3.63, 3.8) is 0 Å². The highest BCUT2D eigenvalue weighted by molar-refractivity contribution is 5.69. The quantitative estimate of drug-likeness (QED) is 0.361. The molecule has 1 unspecified atom stereocenters. The Morgan fingerprint density at radius 2 is 1.95 bits per heavy atom. The fraction of sp³-hybridized carbons (Fsp3) is 0.531. The fourth-order valence-corrected chi connectivity index (χ4v) is 5.72. The lowest BCUT2D eigenvalue weighted by atomic mass is 10.1. The van der Waals surface area contributed by atoms with Crippen LogP contribution in [0.3, 0.4) is 0 Å². The zero-order chi connectivity index (χ0) is 28.6. The number of fused-ring (bicyclic) bond motifs is 1. The number of aromatic nitrogens is 3. The van der Waals surface area contributed by atoms with E-state index in [-0.39, 0.29) is 18.5 Å². The van der Waals surface area contributed by atoms with Gasteiger partial charge in [0.25, 0.3) is 0 Å². The Balaban J connectivity index is 1.02. The molecule has 4 heterocycles. The molecule has 9 nitrogen and oxygen atoms in total. The zero-order valence-corrected chi connectivity index (χ0v) is 24.2. The summed E-state index contributed by atoms with van der Waals surface area (Å²) in [5, 5.41) is 4.29. The van der Waals surface area contributed by atoms with Crippen LogP contribution in [0.2, 0.25) is 0 Å². The van der Waals surface area contributed by atoms with Gasteiger partial charge in [-0.3, -0.25) is 0 Å². The summed E-state index contributed by atoms with van der Waals surface area (Å²) in [5.41, 5.74) is 2.25. The average Bonchev–Trinajstić information content (AvgIpc) is 3.42. The van der Waals surface area contributed by atoms with E-state index >= 15 is 0 Å². The van der Waals surface area contributed by atoms with Crippen LogP contribution in [0.5, 0.6) is 0 Å². The van der Waals surface area contributed by atoms with E-state index in [1.54, 1.807) is 6.20 Å². The molecule has 3 aromatic rings. The summed E-state index contributed by atoms with van der Waals surface area (Å²) in [6.45, 7) is 10.4. The molecule has 3 fully saturated rings. The molecule has 2 aliphatic heterocycles. The lowest BCUT2D eigenvalue weighted by molar-refractivity contribution is -0.188. The lowest BCUT2D eigenvalue weighted by Gasteiger charge is -2.26. The maximum Gasteiger partial charge on any atom is 0.410 e. The van der Waals surface area contributed by atoms with E-state index in [0.29, 0.717) is 30.1 Å². The number of nitrogens with zero attached hydrogens (tertiary/aromatic N) is 4. The Labute approximate surface area is 241 Å². The monoisotopic (exact) mass is 558 g/mol. The Bertz CT molecular complexity index is 1410. The van der Waals surface area contributed by atoms with E-state index in [9.17, 15) is 4.79 Å². The SMILES string of the molecule is C[C@H](OC1CCCCO1)c1nccn1Cc1cc(-c2ccc(C#C[C@@H]3[C@H]4CN(C(=O)OC(C)(C)C)C[C@@H]34)cc2)on1. The Morgan fingerprint density at radius 3 is 2.66 bits per heavy atom. The van der Waals surface area contributed by atoms with E-state index in [4.69, 9.17) is 18.7 Å². The molecular formula is C32H38N4O5. The molecule has 1 saturated carbocycles. The van der Waals surface area contributed by atoms with E-state index in [0.717, 1.165) is 61.6 Å². The van der Waals surface area contributed by atoms with Crippen LogP contribution >= 0.6 is 0 Å². The number of amides is 1. The molecule has 0 radical (unpaired) electrons. The Hall–Kier alpha value is -3.61. The summed E-state index contributed by atoms with van der Waals surface area (Å²) in [7, 11) is 0. The molecule has 9 heteroatoms. The van der Waals surface area contributed by atoms with E-state index in [2.05, 4.69) is 22.0 Å². The van der Waals surface area contributed by atoms with Gasteiger partial charge in [-0.25, -0.2) is 9.78 Å². The van der Waals surface area contributed by atoms with Crippen LogP contribution in [0.1, 0.15) is 70.1 Å². The highest BCUT2D eigenvalue weighted by atomic mass is 16.7. The molecule has 0 N–H and O–H groups in total. The molecule has 6 rings (SSSR count). The first-order chi connectivity index (χ1) is 19.7. The number of ether oxygens (including phenoxy) is 3. The van der Waals surface area contributed by atoms with Gasteiger partial charge in [-0.2, -0.15) is 0 Å². The third-order valence-electron chi connectivity index (χ3n) is 7.89. The molecule has 0 bridgehead atoms. The molecule has 41 heavy (non-hydrogen) atoms. The maximum atomic E-state index is 12.3. The van der Waals surface area contributed by atoms with Crippen molar-refractivity contribution in [1.29, 1.82) is 0 Å². The standard InChI is InChI=1S/C32H38N4O5/c1-21(39-29-7-5-6-16-38-29)30-33-14-15-35(30)18-24-17-28(41-34-24)23-11-8-22(9-12-23)10-13-25-26-19-36(20-27(25)26)31(37)40-32(2,3)4/h8-9,11-12,14-15,17,21,25-27,29H,5-7,16,18-20H2,1-4H3/t21-,25-,26-,27+,29?/m0/s1. The van der Waals surface area contributed by atoms with Crippen LogP contribution in [0.25, 0.3) is 11.3 Å². The summed E-state index contributed by atoms with van der Waals surface area (Å²) in [5.74, 6) is 9.53. The normalized spacial score (nSPS) is 24.3. The molecule has 1 aromatic carbocycles. The molecular weight excluding hydrogens is 520 g/mol. The number of carbonyl (C=O) groups is 1. The summed E-state index contributed by atoms with van der Waals surface area (Å²) < 4.78 is 25.0. The van der Waals surface area contributed by atoms with Gasteiger partial charge in [-0.15, -0.1) is 0 Å². The Kier molecular flexibility index (Phi) is 7.62. The van der Waals surface area contributed by atoms with Gasteiger partial charge in [0.2, 0.25) is 0 Å². The molecule has 2 saturated heterocycles. The molecule has 1 amide bonds. The number of benzene rings is 1. The van der Waals surface area contributed by atoms with Crippen molar-refractivity contribution >= 4 is 6.09 Å². The van der Waals surface area contributed by atoms with Gasteiger partial charge in [0.1, 0.15) is 23.2 Å². The number of carbonyl (C=O) groups excluding carboxylic acids is 1. The van der Waals surface area contributed by atoms with Crippen molar-refractivity contribution in [2.75, 3.05) is 19.7 Å². The maximum absolute atomic E-state index is 12.3.